The lowest BCUT2D eigenvalue weighted by Gasteiger charge is -2.26. The van der Waals surface area contributed by atoms with Gasteiger partial charge in [0.25, 0.3) is 0 Å². The van der Waals surface area contributed by atoms with E-state index < -0.39 is 12.0 Å². The van der Waals surface area contributed by atoms with E-state index in [1.807, 2.05) is 0 Å². The van der Waals surface area contributed by atoms with E-state index >= 15 is 0 Å². The van der Waals surface area contributed by atoms with E-state index in [0.717, 1.165) is 6.42 Å². The Labute approximate surface area is 81.4 Å². The highest BCUT2D eigenvalue weighted by atomic mass is 16.5. The molecule has 1 heterocycles. The van der Waals surface area contributed by atoms with Gasteiger partial charge in [0, 0.05) is 13.0 Å². The lowest BCUT2D eigenvalue weighted by Crippen LogP contribution is -2.48. The molecule has 1 saturated heterocycles. The maximum atomic E-state index is 10.8. The number of aliphatic carboxylic acids is 1. The molecule has 1 saturated carbocycles. The standard InChI is InChI=1S/C9H13NO4/c1-4(11)14-7-3-5-2-6(7)10-8(5)9(12)13/h5-8,10H,2-3H2,1H3,(H,12,13)/t5-,6+,7+,8-/m0/s1. The van der Waals surface area contributed by atoms with Gasteiger partial charge in [0.1, 0.15) is 12.1 Å². The zero-order valence-electron chi connectivity index (χ0n) is 7.90. The molecule has 0 amide bonds. The number of esters is 1. The van der Waals surface area contributed by atoms with Crippen LogP contribution in [0, 0.1) is 5.92 Å². The number of rotatable bonds is 2. The Bertz CT molecular complexity index is 278. The summed E-state index contributed by atoms with van der Waals surface area (Å²) in [5.41, 5.74) is 0. The van der Waals surface area contributed by atoms with Crippen LogP contribution in [0.4, 0.5) is 0 Å². The first-order valence-corrected chi connectivity index (χ1v) is 4.74. The second kappa shape index (κ2) is 3.24. The number of carboxylic acid groups (broad SMARTS) is 1. The molecule has 1 aliphatic heterocycles. The number of piperidine rings is 1. The first kappa shape index (κ1) is 9.45. The summed E-state index contributed by atoms with van der Waals surface area (Å²) in [6, 6.07) is -0.420. The van der Waals surface area contributed by atoms with Crippen molar-refractivity contribution in [2.45, 2.75) is 38.0 Å². The second-order valence-corrected chi connectivity index (χ2v) is 3.97. The number of nitrogens with one attached hydrogen (secondary N) is 1. The van der Waals surface area contributed by atoms with Gasteiger partial charge in [-0.1, -0.05) is 0 Å². The Morgan fingerprint density at radius 1 is 1.43 bits per heavy atom. The van der Waals surface area contributed by atoms with Gasteiger partial charge in [-0.05, 0) is 18.8 Å². The smallest absolute Gasteiger partial charge is 0.320 e. The fourth-order valence-electron chi connectivity index (χ4n) is 2.47. The van der Waals surface area contributed by atoms with Crippen LogP contribution in [-0.4, -0.2) is 35.2 Å². The van der Waals surface area contributed by atoms with Crippen LogP contribution in [0.2, 0.25) is 0 Å². The molecule has 0 unspecified atom stereocenters. The van der Waals surface area contributed by atoms with Crippen LogP contribution < -0.4 is 5.32 Å². The molecular formula is C9H13NO4. The fourth-order valence-corrected chi connectivity index (χ4v) is 2.47. The Morgan fingerprint density at radius 2 is 2.14 bits per heavy atom. The highest BCUT2D eigenvalue weighted by molar-refractivity contribution is 5.75. The Morgan fingerprint density at radius 3 is 2.57 bits per heavy atom. The number of fused-ring (bicyclic) bond motifs is 2. The van der Waals surface area contributed by atoms with Crippen LogP contribution >= 0.6 is 0 Å². The predicted molar refractivity (Wildman–Crippen MR) is 46.6 cm³/mol. The van der Waals surface area contributed by atoms with Crippen molar-refractivity contribution in [2.24, 2.45) is 5.92 Å². The van der Waals surface area contributed by atoms with Gasteiger partial charge in [-0.15, -0.1) is 0 Å². The summed E-state index contributed by atoms with van der Waals surface area (Å²) in [6.45, 7) is 1.38. The summed E-state index contributed by atoms with van der Waals surface area (Å²) in [6.07, 6.45) is 1.34. The van der Waals surface area contributed by atoms with E-state index in [2.05, 4.69) is 5.32 Å². The minimum absolute atomic E-state index is 0.0324. The maximum Gasteiger partial charge on any atom is 0.320 e. The third-order valence-electron chi connectivity index (χ3n) is 2.99. The van der Waals surface area contributed by atoms with Gasteiger partial charge in [-0.3, -0.25) is 14.9 Å². The third-order valence-corrected chi connectivity index (χ3v) is 2.99. The molecule has 5 nitrogen and oxygen atoms in total. The molecule has 0 aromatic carbocycles. The van der Waals surface area contributed by atoms with E-state index in [0.29, 0.717) is 6.42 Å². The summed E-state index contributed by atoms with van der Waals surface area (Å²) in [5.74, 6) is -0.989. The predicted octanol–water partition coefficient (Wildman–Crippen LogP) is -0.247. The van der Waals surface area contributed by atoms with Crippen LogP contribution in [0.3, 0.4) is 0 Å². The van der Waals surface area contributed by atoms with Gasteiger partial charge < -0.3 is 9.84 Å². The summed E-state index contributed by atoms with van der Waals surface area (Å²) in [7, 11) is 0. The minimum Gasteiger partial charge on any atom is -0.480 e. The van der Waals surface area contributed by atoms with Crippen molar-refractivity contribution < 1.29 is 19.4 Å². The lowest BCUT2D eigenvalue weighted by molar-refractivity contribution is -0.148. The van der Waals surface area contributed by atoms with Crippen LogP contribution in [0.15, 0.2) is 0 Å². The van der Waals surface area contributed by atoms with E-state index in [9.17, 15) is 9.59 Å². The molecule has 2 bridgehead atoms. The zero-order valence-corrected chi connectivity index (χ0v) is 7.90. The molecule has 2 fully saturated rings. The first-order valence-electron chi connectivity index (χ1n) is 4.74. The SMILES string of the molecule is CC(=O)O[C@@H]1C[C@@H]2C[C@H]1N[C@@H]2C(=O)O. The largest absolute Gasteiger partial charge is 0.480 e. The molecule has 0 spiro atoms. The van der Waals surface area contributed by atoms with Gasteiger partial charge in [-0.25, -0.2) is 0 Å². The van der Waals surface area contributed by atoms with Crippen molar-refractivity contribution in [2.75, 3.05) is 0 Å². The van der Waals surface area contributed by atoms with Crippen molar-refractivity contribution >= 4 is 11.9 Å². The Balaban J connectivity index is 1.96. The average molecular weight is 199 g/mol. The molecule has 78 valence electrons. The number of hydrogen-bond donors (Lipinski definition) is 2. The molecule has 5 heteroatoms. The van der Waals surface area contributed by atoms with Crippen LogP contribution in [0.1, 0.15) is 19.8 Å². The lowest BCUT2D eigenvalue weighted by atomic mass is 9.99. The molecule has 2 N–H and O–H groups in total. The van der Waals surface area contributed by atoms with Gasteiger partial charge >= 0.3 is 11.9 Å². The first-order chi connectivity index (χ1) is 6.58. The molecule has 14 heavy (non-hydrogen) atoms. The highest BCUT2D eigenvalue weighted by Gasteiger charge is 2.49. The summed E-state index contributed by atoms with van der Waals surface area (Å²) < 4.78 is 5.08. The summed E-state index contributed by atoms with van der Waals surface area (Å²) >= 11 is 0. The molecule has 4 atom stereocenters. The zero-order chi connectivity index (χ0) is 10.3. The molecule has 0 aromatic heterocycles. The van der Waals surface area contributed by atoms with Crippen molar-refractivity contribution in [3.05, 3.63) is 0 Å². The second-order valence-electron chi connectivity index (χ2n) is 3.97. The van der Waals surface area contributed by atoms with Crippen molar-refractivity contribution in [3.8, 4) is 0 Å². The number of hydrogen-bond acceptors (Lipinski definition) is 4. The number of carbonyl (C=O) groups is 2. The summed E-state index contributed by atoms with van der Waals surface area (Å²) in [5, 5.41) is 11.8. The summed E-state index contributed by atoms with van der Waals surface area (Å²) in [4.78, 5) is 21.5. The average Bonchev–Trinajstić information content (AvgIpc) is 2.60. The van der Waals surface area contributed by atoms with Gasteiger partial charge in [0.15, 0.2) is 0 Å². The number of carbonyl (C=O) groups excluding carboxylic acids is 1. The highest BCUT2D eigenvalue weighted by Crippen LogP contribution is 2.37. The number of ether oxygens (including phenoxy) is 1. The fraction of sp³-hybridized carbons (Fsp3) is 0.778. The van der Waals surface area contributed by atoms with Gasteiger partial charge in [0.05, 0.1) is 0 Å². The normalized spacial score (nSPS) is 39.8. The Hall–Kier alpha value is -1.10. The maximum absolute atomic E-state index is 10.8. The topological polar surface area (TPSA) is 75.6 Å². The van der Waals surface area contributed by atoms with Crippen molar-refractivity contribution in [1.29, 1.82) is 0 Å². The quantitative estimate of drug-likeness (QED) is 0.600. The van der Waals surface area contributed by atoms with Crippen LogP contribution in [-0.2, 0) is 14.3 Å². The van der Waals surface area contributed by atoms with Crippen LogP contribution in [0.25, 0.3) is 0 Å². The van der Waals surface area contributed by atoms with E-state index in [4.69, 9.17) is 9.84 Å². The molecule has 2 rings (SSSR count). The molecule has 0 radical (unpaired) electrons. The van der Waals surface area contributed by atoms with Crippen LogP contribution in [0.5, 0.6) is 0 Å². The number of carboxylic acids is 1. The third kappa shape index (κ3) is 1.48. The van der Waals surface area contributed by atoms with E-state index in [1.54, 1.807) is 0 Å². The molecule has 0 aromatic rings. The van der Waals surface area contributed by atoms with Gasteiger partial charge in [-0.2, -0.15) is 0 Å². The molecule has 2 aliphatic rings. The molecular weight excluding hydrogens is 186 g/mol. The Kier molecular flexibility index (Phi) is 2.19. The van der Waals surface area contributed by atoms with Gasteiger partial charge in [0.2, 0.25) is 0 Å². The van der Waals surface area contributed by atoms with Crippen molar-refractivity contribution in [3.63, 3.8) is 0 Å². The van der Waals surface area contributed by atoms with E-state index in [1.165, 1.54) is 6.92 Å². The monoisotopic (exact) mass is 199 g/mol. The van der Waals surface area contributed by atoms with E-state index in [-0.39, 0.29) is 24.0 Å². The minimum atomic E-state index is -0.807. The molecule has 1 aliphatic carbocycles. The van der Waals surface area contributed by atoms with Crippen molar-refractivity contribution in [1.82, 2.24) is 5.32 Å².